The van der Waals surface area contributed by atoms with Crippen LogP contribution in [0.25, 0.3) is 110 Å². The van der Waals surface area contributed by atoms with Crippen molar-refractivity contribution < 1.29 is 0 Å². The Bertz CT molecular complexity index is 3510. The van der Waals surface area contributed by atoms with Crippen LogP contribution in [0.3, 0.4) is 0 Å². The average molecular weight is 714 g/mol. The number of pyridine rings is 3. The van der Waals surface area contributed by atoms with Crippen LogP contribution in [-0.2, 0) is 0 Å². The Morgan fingerprint density at radius 1 is 0.393 bits per heavy atom. The molecule has 0 bridgehead atoms. The molecule has 0 aliphatic heterocycles. The molecule has 0 spiro atoms. The fourth-order valence-electron chi connectivity index (χ4n) is 9.10. The summed E-state index contributed by atoms with van der Waals surface area (Å²) in [5.74, 6) is 0.841. The third kappa shape index (κ3) is 4.34. The smallest absolute Gasteiger partial charge is 0.139 e. The Balaban J connectivity index is 1.31. The van der Waals surface area contributed by atoms with Crippen molar-refractivity contribution in [1.29, 1.82) is 0 Å². The van der Waals surface area contributed by atoms with Gasteiger partial charge in [-0.05, 0) is 70.1 Å². The molecule has 260 valence electrons. The Morgan fingerprint density at radius 2 is 1.00 bits per heavy atom. The van der Waals surface area contributed by atoms with Crippen LogP contribution in [0.4, 0.5) is 0 Å². The number of nitrogens with zero attached hydrogens (tertiary/aromatic N) is 5. The van der Waals surface area contributed by atoms with Crippen molar-refractivity contribution in [3.05, 3.63) is 188 Å². The molecule has 0 fully saturated rings. The average Bonchev–Trinajstić information content (AvgIpc) is 3.81. The highest BCUT2D eigenvalue weighted by Gasteiger charge is 2.26. The van der Waals surface area contributed by atoms with E-state index in [-0.39, 0.29) is 0 Å². The quantitative estimate of drug-likeness (QED) is 0.171. The molecule has 0 amide bonds. The molecule has 5 nitrogen and oxygen atoms in total. The third-order valence-corrected chi connectivity index (χ3v) is 11.4. The maximum absolute atomic E-state index is 5.68. The number of rotatable bonds is 4. The second kappa shape index (κ2) is 11.9. The molecule has 0 radical (unpaired) electrons. The Kier molecular flexibility index (Phi) is 6.56. The van der Waals surface area contributed by atoms with Crippen LogP contribution in [-0.4, -0.2) is 24.1 Å². The fourth-order valence-corrected chi connectivity index (χ4v) is 9.10. The number of para-hydroxylation sites is 3. The first-order valence-electron chi connectivity index (χ1n) is 18.9. The largest absolute Gasteiger partial charge is 0.308 e. The normalized spacial score (nSPS) is 11.9. The van der Waals surface area contributed by atoms with Gasteiger partial charge >= 0.3 is 0 Å². The lowest BCUT2D eigenvalue weighted by Crippen LogP contribution is -2.01. The van der Waals surface area contributed by atoms with Crippen molar-refractivity contribution in [2.45, 2.75) is 0 Å². The molecule has 0 atom stereocenters. The van der Waals surface area contributed by atoms with Gasteiger partial charge in [-0.2, -0.15) is 0 Å². The number of hydrogen-bond donors (Lipinski definition) is 0. The molecule has 12 aromatic rings. The predicted octanol–water partition coefficient (Wildman–Crippen LogP) is 12.9. The molecule has 7 aromatic carbocycles. The van der Waals surface area contributed by atoms with Crippen LogP contribution in [0.1, 0.15) is 0 Å². The summed E-state index contributed by atoms with van der Waals surface area (Å²) in [6, 6.07) is 60.4. The maximum Gasteiger partial charge on any atom is 0.139 e. The van der Waals surface area contributed by atoms with Crippen LogP contribution in [0.15, 0.2) is 188 Å². The zero-order chi connectivity index (χ0) is 36.7. The van der Waals surface area contributed by atoms with Crippen LogP contribution in [0, 0.1) is 0 Å². The molecule has 12 rings (SSSR count). The first-order valence-corrected chi connectivity index (χ1v) is 18.9. The lowest BCUT2D eigenvalue weighted by atomic mass is 9.96. The maximum atomic E-state index is 5.68. The van der Waals surface area contributed by atoms with Gasteiger partial charge in [0.2, 0.25) is 0 Å². The first kappa shape index (κ1) is 30.8. The van der Waals surface area contributed by atoms with Crippen molar-refractivity contribution in [3.63, 3.8) is 0 Å². The van der Waals surface area contributed by atoms with Gasteiger partial charge in [0.05, 0.1) is 33.1 Å². The van der Waals surface area contributed by atoms with E-state index in [1.54, 1.807) is 0 Å². The lowest BCUT2D eigenvalue weighted by Gasteiger charge is -2.16. The van der Waals surface area contributed by atoms with E-state index in [1.165, 1.54) is 21.5 Å². The minimum Gasteiger partial charge on any atom is -0.308 e. The second-order valence-electron chi connectivity index (χ2n) is 14.4. The second-order valence-corrected chi connectivity index (χ2v) is 14.4. The molecular weight excluding hydrogens is 683 g/mol. The monoisotopic (exact) mass is 713 g/mol. The summed E-state index contributed by atoms with van der Waals surface area (Å²) in [6.45, 7) is 0. The Hall–Kier alpha value is -7.63. The van der Waals surface area contributed by atoms with Gasteiger partial charge in [0.15, 0.2) is 0 Å². The molecule has 0 N–H and O–H groups in total. The van der Waals surface area contributed by atoms with E-state index in [2.05, 4.69) is 179 Å². The molecule has 0 aliphatic rings. The van der Waals surface area contributed by atoms with E-state index in [0.29, 0.717) is 0 Å². The molecule has 0 saturated heterocycles. The van der Waals surface area contributed by atoms with Crippen molar-refractivity contribution in [2.24, 2.45) is 0 Å². The molecule has 5 aromatic heterocycles. The van der Waals surface area contributed by atoms with Crippen molar-refractivity contribution in [2.75, 3.05) is 0 Å². The number of fused-ring (bicyclic) bond motifs is 13. The topological polar surface area (TPSA) is 48.5 Å². The Labute approximate surface area is 321 Å². The minimum atomic E-state index is 0.841. The van der Waals surface area contributed by atoms with E-state index in [1.807, 2.05) is 18.6 Å². The SMILES string of the molecule is c1ccc(-c2ccnc3c2ccc2c(-c4ccccc4)cc(-n4c5ccccc5c5c6ccncc6c6c(c7ccccc7n6-c6ccccc6)c54)nc23)cc1. The van der Waals surface area contributed by atoms with Gasteiger partial charge in [-0.3, -0.25) is 14.5 Å². The van der Waals surface area contributed by atoms with E-state index in [0.717, 1.165) is 88.4 Å². The Morgan fingerprint density at radius 3 is 1.73 bits per heavy atom. The van der Waals surface area contributed by atoms with E-state index >= 15 is 0 Å². The molecule has 0 unspecified atom stereocenters. The highest BCUT2D eigenvalue weighted by Crippen LogP contribution is 2.47. The van der Waals surface area contributed by atoms with Crippen LogP contribution < -0.4 is 0 Å². The van der Waals surface area contributed by atoms with Crippen LogP contribution >= 0.6 is 0 Å². The fraction of sp³-hybridized carbons (Fsp3) is 0. The van der Waals surface area contributed by atoms with E-state index in [9.17, 15) is 0 Å². The van der Waals surface area contributed by atoms with Gasteiger partial charge in [-0.25, -0.2) is 4.98 Å². The number of hydrogen-bond acceptors (Lipinski definition) is 3. The highest BCUT2D eigenvalue weighted by molar-refractivity contribution is 6.36. The van der Waals surface area contributed by atoms with Crippen molar-refractivity contribution in [1.82, 2.24) is 24.1 Å². The highest BCUT2D eigenvalue weighted by atomic mass is 15.1. The lowest BCUT2D eigenvalue weighted by molar-refractivity contribution is 1.11. The van der Waals surface area contributed by atoms with Crippen molar-refractivity contribution >= 4 is 76.2 Å². The van der Waals surface area contributed by atoms with E-state index in [4.69, 9.17) is 15.0 Å². The molecular formula is C51H31N5. The zero-order valence-electron chi connectivity index (χ0n) is 30.1. The van der Waals surface area contributed by atoms with Crippen LogP contribution in [0.2, 0.25) is 0 Å². The summed E-state index contributed by atoms with van der Waals surface area (Å²) in [5.41, 5.74) is 11.9. The molecule has 5 heterocycles. The summed E-state index contributed by atoms with van der Waals surface area (Å²) in [6.07, 6.45) is 5.87. The minimum absolute atomic E-state index is 0.841. The molecule has 56 heavy (non-hydrogen) atoms. The van der Waals surface area contributed by atoms with E-state index < -0.39 is 0 Å². The van der Waals surface area contributed by atoms with Crippen LogP contribution in [0.5, 0.6) is 0 Å². The first-order chi connectivity index (χ1) is 27.8. The van der Waals surface area contributed by atoms with Gasteiger partial charge in [-0.1, -0.05) is 127 Å². The molecule has 0 saturated carbocycles. The zero-order valence-corrected chi connectivity index (χ0v) is 30.1. The van der Waals surface area contributed by atoms with Gasteiger partial charge in [0.1, 0.15) is 5.82 Å². The van der Waals surface area contributed by atoms with Gasteiger partial charge in [-0.15, -0.1) is 0 Å². The summed E-state index contributed by atoms with van der Waals surface area (Å²) in [4.78, 5) is 15.5. The van der Waals surface area contributed by atoms with Gasteiger partial charge in [0, 0.05) is 62.0 Å². The summed E-state index contributed by atoms with van der Waals surface area (Å²) >= 11 is 0. The summed E-state index contributed by atoms with van der Waals surface area (Å²) in [7, 11) is 0. The van der Waals surface area contributed by atoms with Gasteiger partial charge in [0.25, 0.3) is 0 Å². The molecule has 5 heteroatoms. The molecule has 0 aliphatic carbocycles. The standard InChI is InChI=1S/C51H31N5/c1-4-14-32(15-5-1)35-27-29-53-48-37(35)24-25-38-41(33-16-6-2-7-17-33)30-45(54-49(38)48)56-44-23-13-10-20-39(44)46-36-26-28-52-31-42(36)50-47(51(46)56)40-21-11-12-22-43(40)55(50)34-18-8-3-9-19-34/h1-31H. The summed E-state index contributed by atoms with van der Waals surface area (Å²) in [5, 5.41) is 9.10. The van der Waals surface area contributed by atoms with Crippen molar-refractivity contribution in [3.8, 4) is 33.8 Å². The van der Waals surface area contributed by atoms with Gasteiger partial charge < -0.3 is 4.57 Å². The number of benzene rings is 7. The number of aromatic nitrogens is 5. The third-order valence-electron chi connectivity index (χ3n) is 11.4. The summed E-state index contributed by atoms with van der Waals surface area (Å²) < 4.78 is 4.81. The predicted molar refractivity (Wildman–Crippen MR) is 232 cm³/mol.